The van der Waals surface area contributed by atoms with Gasteiger partial charge in [0, 0.05) is 18.5 Å². The van der Waals surface area contributed by atoms with Crippen LogP contribution in [0.5, 0.6) is 0 Å². The first kappa shape index (κ1) is 13.5. The molecule has 104 valence electrons. The summed E-state index contributed by atoms with van der Waals surface area (Å²) >= 11 is 0. The lowest BCUT2D eigenvalue weighted by Crippen LogP contribution is -2.33. The summed E-state index contributed by atoms with van der Waals surface area (Å²) in [6, 6.07) is 6.42. The van der Waals surface area contributed by atoms with Gasteiger partial charge in [-0.05, 0) is 6.07 Å². The highest BCUT2D eigenvalue weighted by atomic mass is 16.4. The number of amides is 2. The SMILES string of the molecule is NC(=O)NCCNc1c(C(=O)O)nnc2ccccc12. The van der Waals surface area contributed by atoms with Crippen LogP contribution in [0.4, 0.5) is 10.5 Å². The fourth-order valence-electron chi connectivity index (χ4n) is 1.76. The molecule has 2 rings (SSSR count). The van der Waals surface area contributed by atoms with Crippen LogP contribution in [0.25, 0.3) is 10.9 Å². The molecule has 0 aliphatic carbocycles. The summed E-state index contributed by atoms with van der Waals surface area (Å²) in [5.74, 6) is -1.17. The van der Waals surface area contributed by atoms with E-state index in [1.54, 1.807) is 24.3 Å². The number of carbonyl (C=O) groups excluding carboxylic acids is 1. The van der Waals surface area contributed by atoms with Crippen molar-refractivity contribution in [3.63, 3.8) is 0 Å². The topological polar surface area (TPSA) is 130 Å². The Morgan fingerprint density at radius 1 is 1.20 bits per heavy atom. The van der Waals surface area contributed by atoms with Crippen molar-refractivity contribution in [2.45, 2.75) is 0 Å². The molecule has 0 unspecified atom stereocenters. The largest absolute Gasteiger partial charge is 0.476 e. The number of carboxylic acid groups (broad SMARTS) is 1. The van der Waals surface area contributed by atoms with Crippen LogP contribution < -0.4 is 16.4 Å². The zero-order chi connectivity index (χ0) is 14.5. The maximum atomic E-state index is 11.2. The van der Waals surface area contributed by atoms with Gasteiger partial charge in [-0.3, -0.25) is 0 Å². The van der Waals surface area contributed by atoms with E-state index in [4.69, 9.17) is 10.8 Å². The van der Waals surface area contributed by atoms with Crippen molar-refractivity contribution in [1.29, 1.82) is 0 Å². The molecule has 2 aromatic rings. The maximum Gasteiger partial charge on any atom is 0.358 e. The number of aromatic nitrogens is 2. The summed E-state index contributed by atoms with van der Waals surface area (Å²) in [4.78, 5) is 21.7. The molecular formula is C12H13N5O3. The van der Waals surface area contributed by atoms with E-state index in [9.17, 15) is 9.59 Å². The molecule has 0 aliphatic rings. The van der Waals surface area contributed by atoms with E-state index in [1.165, 1.54) is 0 Å². The van der Waals surface area contributed by atoms with E-state index < -0.39 is 12.0 Å². The van der Waals surface area contributed by atoms with E-state index in [0.29, 0.717) is 23.1 Å². The molecule has 0 fully saturated rings. The molecule has 1 heterocycles. The number of nitrogens with two attached hydrogens (primary N) is 1. The summed E-state index contributed by atoms with van der Waals surface area (Å²) < 4.78 is 0. The van der Waals surface area contributed by atoms with Gasteiger partial charge in [-0.1, -0.05) is 18.2 Å². The summed E-state index contributed by atoms with van der Waals surface area (Å²) in [5.41, 5.74) is 5.74. The van der Waals surface area contributed by atoms with Crippen LogP contribution in [0.3, 0.4) is 0 Å². The molecule has 0 saturated heterocycles. The molecule has 0 bridgehead atoms. The standard InChI is InChI=1S/C12H13N5O3/c13-12(20)15-6-5-14-9-7-3-1-2-4-8(7)16-17-10(9)11(18)19/h1-4H,5-6H2,(H,14,16)(H,18,19)(H3,13,15,20). The number of fused-ring (bicyclic) bond motifs is 1. The molecule has 20 heavy (non-hydrogen) atoms. The van der Waals surface area contributed by atoms with E-state index in [0.717, 1.165) is 0 Å². The normalized spacial score (nSPS) is 10.2. The Morgan fingerprint density at radius 2 is 1.95 bits per heavy atom. The Bertz CT molecular complexity index is 659. The predicted octanol–water partition coefficient (Wildman–Crippen LogP) is 0.408. The van der Waals surface area contributed by atoms with Crippen LogP contribution in [-0.4, -0.2) is 40.4 Å². The van der Waals surface area contributed by atoms with E-state index in [-0.39, 0.29) is 12.2 Å². The van der Waals surface area contributed by atoms with Crippen LogP contribution in [0.15, 0.2) is 24.3 Å². The second-order valence-electron chi connectivity index (χ2n) is 3.96. The molecule has 2 amide bonds. The minimum absolute atomic E-state index is 0.164. The quantitative estimate of drug-likeness (QED) is 0.584. The van der Waals surface area contributed by atoms with E-state index in [1.807, 2.05) is 0 Å². The maximum absolute atomic E-state index is 11.2. The number of aromatic carboxylic acids is 1. The van der Waals surface area contributed by atoms with Crippen molar-refractivity contribution in [3.8, 4) is 0 Å². The summed E-state index contributed by atoms with van der Waals surface area (Å²) in [6.07, 6.45) is 0. The monoisotopic (exact) mass is 275 g/mol. The number of anilines is 1. The number of urea groups is 1. The summed E-state index contributed by atoms with van der Waals surface area (Å²) in [6.45, 7) is 0.587. The lowest BCUT2D eigenvalue weighted by molar-refractivity contribution is 0.0690. The lowest BCUT2D eigenvalue weighted by Gasteiger charge is -2.11. The molecule has 0 spiro atoms. The number of carbonyl (C=O) groups is 2. The van der Waals surface area contributed by atoms with Crippen LogP contribution in [0.2, 0.25) is 0 Å². The van der Waals surface area contributed by atoms with Crippen LogP contribution >= 0.6 is 0 Å². The number of rotatable bonds is 5. The molecule has 1 aromatic carbocycles. The molecule has 0 saturated carbocycles. The second-order valence-corrected chi connectivity index (χ2v) is 3.96. The number of hydrogen-bond acceptors (Lipinski definition) is 5. The van der Waals surface area contributed by atoms with Gasteiger partial charge in [-0.15, -0.1) is 10.2 Å². The van der Waals surface area contributed by atoms with Crippen LogP contribution in [-0.2, 0) is 0 Å². The number of hydrogen-bond donors (Lipinski definition) is 4. The Morgan fingerprint density at radius 3 is 2.65 bits per heavy atom. The molecule has 0 radical (unpaired) electrons. The second kappa shape index (κ2) is 5.83. The van der Waals surface area contributed by atoms with Crippen molar-refractivity contribution >= 4 is 28.6 Å². The van der Waals surface area contributed by atoms with Crippen molar-refractivity contribution in [3.05, 3.63) is 30.0 Å². The number of carboxylic acids is 1. The van der Waals surface area contributed by atoms with Gasteiger partial charge in [0.15, 0.2) is 5.69 Å². The van der Waals surface area contributed by atoms with Gasteiger partial charge >= 0.3 is 12.0 Å². The molecule has 0 aliphatic heterocycles. The minimum atomic E-state index is -1.17. The van der Waals surface area contributed by atoms with Gasteiger partial charge in [-0.2, -0.15) is 0 Å². The van der Waals surface area contributed by atoms with Gasteiger partial charge in [0.2, 0.25) is 0 Å². The van der Waals surface area contributed by atoms with Gasteiger partial charge in [0.05, 0.1) is 11.2 Å². The zero-order valence-electron chi connectivity index (χ0n) is 10.5. The molecule has 0 atom stereocenters. The number of primary amides is 1. The molecule has 8 nitrogen and oxygen atoms in total. The lowest BCUT2D eigenvalue weighted by atomic mass is 10.1. The third-order valence-corrected chi connectivity index (χ3v) is 2.60. The van der Waals surface area contributed by atoms with Crippen LogP contribution in [0.1, 0.15) is 10.5 Å². The first-order valence-electron chi connectivity index (χ1n) is 5.85. The predicted molar refractivity (Wildman–Crippen MR) is 72.6 cm³/mol. The third kappa shape index (κ3) is 2.91. The Balaban J connectivity index is 2.30. The van der Waals surface area contributed by atoms with Crippen molar-refractivity contribution in [2.75, 3.05) is 18.4 Å². The highest BCUT2D eigenvalue weighted by Crippen LogP contribution is 2.23. The van der Waals surface area contributed by atoms with Crippen LogP contribution in [0, 0.1) is 0 Å². The fraction of sp³-hybridized carbons (Fsp3) is 0.167. The number of benzene rings is 1. The van der Waals surface area contributed by atoms with E-state index in [2.05, 4.69) is 20.8 Å². The van der Waals surface area contributed by atoms with E-state index >= 15 is 0 Å². The zero-order valence-corrected chi connectivity index (χ0v) is 10.5. The van der Waals surface area contributed by atoms with Crippen molar-refractivity contribution < 1.29 is 14.7 Å². The minimum Gasteiger partial charge on any atom is -0.476 e. The average Bonchev–Trinajstić information content (AvgIpc) is 2.42. The summed E-state index contributed by atoms with van der Waals surface area (Å²) in [5, 5.41) is 22.7. The Labute approximate surface area is 114 Å². The third-order valence-electron chi connectivity index (χ3n) is 2.60. The molecular weight excluding hydrogens is 262 g/mol. The number of nitrogens with zero attached hydrogens (tertiary/aromatic N) is 2. The summed E-state index contributed by atoms with van der Waals surface area (Å²) in [7, 11) is 0. The van der Waals surface area contributed by atoms with Crippen molar-refractivity contribution in [1.82, 2.24) is 15.5 Å². The van der Waals surface area contributed by atoms with Crippen molar-refractivity contribution in [2.24, 2.45) is 5.73 Å². The Hall–Kier alpha value is -2.90. The first-order chi connectivity index (χ1) is 9.59. The average molecular weight is 275 g/mol. The molecule has 8 heteroatoms. The highest BCUT2D eigenvalue weighted by molar-refractivity contribution is 6.02. The molecule has 5 N–H and O–H groups in total. The Kier molecular flexibility index (Phi) is 3.94. The van der Waals surface area contributed by atoms with Gasteiger partial charge in [0.1, 0.15) is 0 Å². The first-order valence-corrected chi connectivity index (χ1v) is 5.85. The number of nitrogens with one attached hydrogen (secondary N) is 2. The van der Waals surface area contributed by atoms with Gasteiger partial charge < -0.3 is 21.5 Å². The van der Waals surface area contributed by atoms with Gasteiger partial charge in [-0.25, -0.2) is 9.59 Å². The molecule has 1 aromatic heterocycles. The highest BCUT2D eigenvalue weighted by Gasteiger charge is 2.15. The smallest absolute Gasteiger partial charge is 0.358 e. The fourth-order valence-corrected chi connectivity index (χ4v) is 1.76. The van der Waals surface area contributed by atoms with Gasteiger partial charge in [0.25, 0.3) is 0 Å².